The Morgan fingerprint density at radius 2 is 1.93 bits per heavy atom. The number of aromatic nitrogens is 2. The Balaban J connectivity index is 2.28. The van der Waals surface area contributed by atoms with Crippen LogP contribution in [-0.2, 0) is 0 Å². The van der Waals surface area contributed by atoms with Crippen LogP contribution in [0.3, 0.4) is 0 Å². The van der Waals surface area contributed by atoms with Crippen LogP contribution < -0.4 is 0 Å². The summed E-state index contributed by atoms with van der Waals surface area (Å²) in [6, 6.07) is 10.8. The van der Waals surface area contributed by atoms with Gasteiger partial charge in [-0.15, -0.1) is 0 Å². The molecule has 0 amide bonds. The van der Waals surface area contributed by atoms with Gasteiger partial charge < -0.3 is 0 Å². The number of rotatable bonds is 3. The fourth-order valence-electron chi connectivity index (χ4n) is 1.55. The van der Waals surface area contributed by atoms with E-state index in [2.05, 4.69) is 49.4 Å². The van der Waals surface area contributed by atoms with E-state index in [0.717, 1.165) is 6.42 Å². The van der Waals surface area contributed by atoms with Crippen LogP contribution in [0.15, 0.2) is 42.7 Å². The van der Waals surface area contributed by atoms with Crippen molar-refractivity contribution in [3.8, 4) is 11.1 Å². The maximum Gasteiger partial charge on any atom is 0.0568 e. The van der Waals surface area contributed by atoms with E-state index in [-0.39, 0.29) is 0 Å². The van der Waals surface area contributed by atoms with E-state index in [4.69, 9.17) is 0 Å². The molecule has 1 aromatic carbocycles. The molecule has 0 bridgehead atoms. The summed E-state index contributed by atoms with van der Waals surface area (Å²) in [5, 5.41) is 4.38. The van der Waals surface area contributed by atoms with Crippen molar-refractivity contribution in [3.63, 3.8) is 0 Å². The number of hydrogen-bond acceptors (Lipinski definition) is 1. The van der Waals surface area contributed by atoms with E-state index in [9.17, 15) is 0 Å². The summed E-state index contributed by atoms with van der Waals surface area (Å²) in [5.41, 5.74) is 2.42. The summed E-state index contributed by atoms with van der Waals surface area (Å²) in [7, 11) is 0. The molecule has 0 spiro atoms. The van der Waals surface area contributed by atoms with Gasteiger partial charge in [-0.05, 0) is 18.9 Å². The maximum atomic E-state index is 4.38. The summed E-state index contributed by atoms with van der Waals surface area (Å²) in [6.45, 7) is 4.36. The highest BCUT2D eigenvalue weighted by Gasteiger charge is 2.05. The fourth-order valence-corrected chi connectivity index (χ4v) is 1.55. The Labute approximate surface area is 90.6 Å². The standard InChI is InChI=1S/C13H16N2/c1-3-11(2)15-10-13(9-14-15)12-7-5-4-6-8-12/h4-11H,3H2,1-2H3. The molecule has 0 radical (unpaired) electrons. The van der Waals surface area contributed by atoms with Crippen molar-refractivity contribution in [3.05, 3.63) is 42.7 Å². The number of nitrogens with zero attached hydrogens (tertiary/aromatic N) is 2. The molecule has 78 valence electrons. The van der Waals surface area contributed by atoms with Crippen LogP contribution in [0.1, 0.15) is 26.3 Å². The van der Waals surface area contributed by atoms with Crippen LogP contribution in [-0.4, -0.2) is 9.78 Å². The second-order valence-electron chi connectivity index (χ2n) is 3.83. The van der Waals surface area contributed by atoms with E-state index in [1.807, 2.05) is 16.9 Å². The van der Waals surface area contributed by atoms with Crippen molar-refractivity contribution in [1.82, 2.24) is 9.78 Å². The van der Waals surface area contributed by atoms with Crippen molar-refractivity contribution in [2.45, 2.75) is 26.3 Å². The first-order chi connectivity index (χ1) is 7.31. The summed E-state index contributed by atoms with van der Waals surface area (Å²) >= 11 is 0. The third-order valence-corrected chi connectivity index (χ3v) is 2.75. The molecular weight excluding hydrogens is 184 g/mol. The lowest BCUT2D eigenvalue weighted by molar-refractivity contribution is 0.478. The monoisotopic (exact) mass is 200 g/mol. The predicted molar refractivity (Wildman–Crippen MR) is 62.7 cm³/mol. The van der Waals surface area contributed by atoms with Gasteiger partial charge in [0.1, 0.15) is 0 Å². The van der Waals surface area contributed by atoms with Gasteiger partial charge in [-0.2, -0.15) is 5.10 Å². The van der Waals surface area contributed by atoms with Crippen molar-refractivity contribution < 1.29 is 0 Å². The number of hydrogen-bond donors (Lipinski definition) is 0. The zero-order chi connectivity index (χ0) is 10.7. The minimum absolute atomic E-state index is 0.475. The van der Waals surface area contributed by atoms with Gasteiger partial charge in [0, 0.05) is 17.8 Å². The third kappa shape index (κ3) is 2.09. The van der Waals surface area contributed by atoms with Gasteiger partial charge in [-0.3, -0.25) is 4.68 Å². The van der Waals surface area contributed by atoms with E-state index in [1.165, 1.54) is 11.1 Å². The largest absolute Gasteiger partial charge is 0.269 e. The Morgan fingerprint density at radius 1 is 1.20 bits per heavy atom. The van der Waals surface area contributed by atoms with Gasteiger partial charge >= 0.3 is 0 Å². The van der Waals surface area contributed by atoms with Crippen LogP contribution in [0, 0.1) is 0 Å². The molecule has 1 aromatic heterocycles. The van der Waals surface area contributed by atoms with Gasteiger partial charge in [0.2, 0.25) is 0 Å². The first-order valence-corrected chi connectivity index (χ1v) is 5.41. The first kappa shape index (κ1) is 9.97. The molecule has 0 saturated heterocycles. The Kier molecular flexibility index (Phi) is 2.86. The smallest absolute Gasteiger partial charge is 0.0568 e. The summed E-state index contributed by atoms with van der Waals surface area (Å²) < 4.78 is 2.03. The second kappa shape index (κ2) is 4.30. The molecule has 0 saturated carbocycles. The Bertz CT molecular complexity index is 417. The number of benzene rings is 1. The van der Waals surface area contributed by atoms with Crippen molar-refractivity contribution in [2.75, 3.05) is 0 Å². The van der Waals surface area contributed by atoms with Gasteiger partial charge in [0.15, 0.2) is 0 Å². The van der Waals surface area contributed by atoms with E-state index in [0.29, 0.717) is 6.04 Å². The molecule has 1 atom stereocenters. The fraction of sp³-hybridized carbons (Fsp3) is 0.308. The van der Waals surface area contributed by atoms with Crippen LogP contribution in [0.4, 0.5) is 0 Å². The molecule has 0 N–H and O–H groups in total. The highest BCUT2D eigenvalue weighted by molar-refractivity contribution is 5.61. The van der Waals surface area contributed by atoms with Crippen LogP contribution in [0.5, 0.6) is 0 Å². The van der Waals surface area contributed by atoms with E-state index >= 15 is 0 Å². The SMILES string of the molecule is CCC(C)n1cc(-c2ccccc2)cn1. The molecule has 2 aromatic rings. The second-order valence-corrected chi connectivity index (χ2v) is 3.83. The van der Waals surface area contributed by atoms with Gasteiger partial charge in [-0.1, -0.05) is 37.3 Å². The molecule has 1 unspecified atom stereocenters. The lowest BCUT2D eigenvalue weighted by Gasteiger charge is -2.07. The molecular formula is C13H16N2. The lowest BCUT2D eigenvalue weighted by atomic mass is 10.1. The van der Waals surface area contributed by atoms with Gasteiger partial charge in [0.25, 0.3) is 0 Å². The topological polar surface area (TPSA) is 17.8 Å². The normalized spacial score (nSPS) is 12.7. The third-order valence-electron chi connectivity index (χ3n) is 2.75. The molecule has 0 aliphatic rings. The quantitative estimate of drug-likeness (QED) is 0.741. The summed E-state index contributed by atoms with van der Waals surface area (Å²) in [4.78, 5) is 0. The zero-order valence-corrected chi connectivity index (χ0v) is 9.22. The Hall–Kier alpha value is -1.57. The molecule has 0 aliphatic heterocycles. The minimum atomic E-state index is 0.475. The van der Waals surface area contributed by atoms with Crippen molar-refractivity contribution >= 4 is 0 Å². The summed E-state index contributed by atoms with van der Waals surface area (Å²) in [5.74, 6) is 0. The predicted octanol–water partition coefficient (Wildman–Crippen LogP) is 3.52. The van der Waals surface area contributed by atoms with Gasteiger partial charge in [0.05, 0.1) is 6.20 Å². The zero-order valence-electron chi connectivity index (χ0n) is 9.22. The molecule has 15 heavy (non-hydrogen) atoms. The molecule has 0 fully saturated rings. The Morgan fingerprint density at radius 3 is 2.60 bits per heavy atom. The maximum absolute atomic E-state index is 4.38. The molecule has 1 heterocycles. The van der Waals surface area contributed by atoms with Crippen LogP contribution >= 0.6 is 0 Å². The van der Waals surface area contributed by atoms with E-state index < -0.39 is 0 Å². The summed E-state index contributed by atoms with van der Waals surface area (Å²) in [6.07, 6.45) is 5.15. The van der Waals surface area contributed by atoms with Crippen molar-refractivity contribution in [1.29, 1.82) is 0 Å². The van der Waals surface area contributed by atoms with E-state index in [1.54, 1.807) is 0 Å². The van der Waals surface area contributed by atoms with Crippen LogP contribution in [0.2, 0.25) is 0 Å². The van der Waals surface area contributed by atoms with Gasteiger partial charge in [-0.25, -0.2) is 0 Å². The highest BCUT2D eigenvalue weighted by Crippen LogP contribution is 2.19. The average Bonchev–Trinajstić information content (AvgIpc) is 2.78. The lowest BCUT2D eigenvalue weighted by Crippen LogP contribution is -2.03. The molecule has 2 rings (SSSR count). The minimum Gasteiger partial charge on any atom is -0.269 e. The first-order valence-electron chi connectivity index (χ1n) is 5.41. The molecule has 0 aliphatic carbocycles. The average molecular weight is 200 g/mol. The molecule has 2 heteroatoms. The molecule has 2 nitrogen and oxygen atoms in total. The van der Waals surface area contributed by atoms with Crippen LogP contribution in [0.25, 0.3) is 11.1 Å². The highest BCUT2D eigenvalue weighted by atomic mass is 15.3. The van der Waals surface area contributed by atoms with Crippen molar-refractivity contribution in [2.24, 2.45) is 0 Å².